The summed E-state index contributed by atoms with van der Waals surface area (Å²) in [5.41, 5.74) is 5.58. The number of hydrogen-bond donors (Lipinski definition) is 2. The molecular weight excluding hydrogens is 262 g/mol. The van der Waals surface area contributed by atoms with Crippen LogP contribution in [0.3, 0.4) is 0 Å². The first-order valence-electron chi connectivity index (χ1n) is 5.53. The molecule has 0 amide bonds. The maximum Gasteiger partial charge on any atom is 0.280 e. The van der Waals surface area contributed by atoms with E-state index in [9.17, 15) is 8.42 Å². The van der Waals surface area contributed by atoms with Crippen LogP contribution in [0.4, 0.5) is 0 Å². The Morgan fingerprint density at radius 1 is 1.59 bits per heavy atom. The number of piperidine rings is 1. The van der Waals surface area contributed by atoms with E-state index in [4.69, 9.17) is 22.7 Å². The summed E-state index contributed by atoms with van der Waals surface area (Å²) in [5.74, 6) is 0. The number of thiocarbonyl (C=S) groups is 1. The quantitative estimate of drug-likeness (QED) is 0.511. The van der Waals surface area contributed by atoms with Gasteiger partial charge in [0.25, 0.3) is 10.2 Å². The Balaban J connectivity index is 2.69. The summed E-state index contributed by atoms with van der Waals surface area (Å²) in [6, 6.07) is -0.362. The van der Waals surface area contributed by atoms with Crippen molar-refractivity contribution in [2.24, 2.45) is 5.73 Å². The van der Waals surface area contributed by atoms with Gasteiger partial charge in [-0.1, -0.05) is 18.6 Å². The molecule has 0 aromatic heterocycles. The second-order valence-electron chi connectivity index (χ2n) is 3.92. The molecule has 1 aliphatic rings. The minimum Gasteiger partial charge on any atom is -0.392 e. The number of hydrogen-bond acceptors (Lipinski definition) is 4. The second kappa shape index (κ2) is 6.60. The van der Waals surface area contributed by atoms with Gasteiger partial charge in [-0.15, -0.1) is 0 Å². The van der Waals surface area contributed by atoms with Gasteiger partial charge in [-0.05, 0) is 12.8 Å². The highest BCUT2D eigenvalue weighted by molar-refractivity contribution is 7.87. The zero-order valence-corrected chi connectivity index (χ0v) is 11.5. The van der Waals surface area contributed by atoms with Crippen molar-refractivity contribution in [3.8, 4) is 0 Å². The summed E-state index contributed by atoms with van der Waals surface area (Å²) in [6.07, 6.45) is 2.48. The molecule has 1 atom stereocenters. The molecule has 0 aromatic rings. The number of nitrogens with zero attached hydrogens (tertiary/aromatic N) is 1. The van der Waals surface area contributed by atoms with Crippen LogP contribution >= 0.6 is 12.2 Å². The van der Waals surface area contributed by atoms with Crippen LogP contribution in [0.1, 0.15) is 19.3 Å². The minimum atomic E-state index is -3.51. The maximum atomic E-state index is 12.0. The Hall–Kier alpha value is -0.280. The van der Waals surface area contributed by atoms with Gasteiger partial charge in [0.05, 0.1) is 17.6 Å². The van der Waals surface area contributed by atoms with Crippen molar-refractivity contribution in [2.45, 2.75) is 25.3 Å². The molecule has 0 bridgehead atoms. The van der Waals surface area contributed by atoms with E-state index < -0.39 is 10.2 Å². The lowest BCUT2D eigenvalue weighted by atomic mass is 10.1. The van der Waals surface area contributed by atoms with E-state index in [1.165, 1.54) is 11.4 Å². The van der Waals surface area contributed by atoms with Gasteiger partial charge in [0, 0.05) is 20.2 Å². The predicted molar refractivity (Wildman–Crippen MR) is 69.9 cm³/mol. The molecule has 0 radical (unpaired) electrons. The molecule has 6 nitrogen and oxygen atoms in total. The van der Waals surface area contributed by atoms with Gasteiger partial charge in [-0.3, -0.25) is 0 Å². The Labute approximate surface area is 108 Å². The molecule has 3 N–H and O–H groups in total. The molecule has 1 rings (SSSR count). The minimum absolute atomic E-state index is 0.238. The number of rotatable bonds is 6. The molecule has 8 heteroatoms. The summed E-state index contributed by atoms with van der Waals surface area (Å²) in [4.78, 5) is 0.238. The van der Waals surface area contributed by atoms with Crippen molar-refractivity contribution in [2.75, 3.05) is 26.8 Å². The van der Waals surface area contributed by atoms with Crippen LogP contribution in [0, 0.1) is 0 Å². The monoisotopic (exact) mass is 281 g/mol. The van der Waals surface area contributed by atoms with Gasteiger partial charge >= 0.3 is 0 Å². The largest absolute Gasteiger partial charge is 0.392 e. The van der Waals surface area contributed by atoms with Crippen LogP contribution in [-0.2, 0) is 14.9 Å². The van der Waals surface area contributed by atoms with E-state index in [-0.39, 0.29) is 17.6 Å². The summed E-state index contributed by atoms with van der Waals surface area (Å²) in [5, 5.41) is 0. The van der Waals surface area contributed by atoms with E-state index >= 15 is 0 Å². The van der Waals surface area contributed by atoms with Crippen LogP contribution in [0.25, 0.3) is 0 Å². The smallest absolute Gasteiger partial charge is 0.280 e. The summed E-state index contributed by atoms with van der Waals surface area (Å²) >= 11 is 4.92. The first kappa shape index (κ1) is 14.8. The summed E-state index contributed by atoms with van der Waals surface area (Å²) in [6.45, 7) is 1.05. The van der Waals surface area contributed by atoms with Gasteiger partial charge < -0.3 is 10.5 Å². The van der Waals surface area contributed by atoms with E-state index in [1.807, 2.05) is 0 Å². The molecule has 1 saturated heterocycles. The second-order valence-corrected chi connectivity index (χ2v) is 6.10. The number of nitrogens with one attached hydrogen (secondary N) is 1. The molecule has 0 spiro atoms. The highest BCUT2D eigenvalue weighted by Crippen LogP contribution is 2.19. The first-order valence-corrected chi connectivity index (χ1v) is 7.38. The fourth-order valence-electron chi connectivity index (χ4n) is 1.83. The average Bonchev–Trinajstić information content (AvgIpc) is 2.29. The standard InChI is InChI=1S/C9H19N3O3S2/c1-15-7-5-11-17(13,14)12-6-3-2-4-8(12)9(10)16/h8,11H,2-7H2,1H3,(H2,10,16). The third kappa shape index (κ3) is 4.14. The molecule has 1 fully saturated rings. The van der Waals surface area contributed by atoms with Gasteiger partial charge in [0.1, 0.15) is 0 Å². The van der Waals surface area contributed by atoms with Crippen molar-refractivity contribution >= 4 is 27.4 Å². The van der Waals surface area contributed by atoms with Crippen molar-refractivity contribution in [1.82, 2.24) is 9.03 Å². The van der Waals surface area contributed by atoms with Crippen molar-refractivity contribution in [3.05, 3.63) is 0 Å². The summed E-state index contributed by atoms with van der Waals surface area (Å²) in [7, 11) is -1.99. The molecule has 0 aromatic carbocycles. The average molecular weight is 281 g/mol. The summed E-state index contributed by atoms with van der Waals surface area (Å²) < 4.78 is 32.7. The van der Waals surface area contributed by atoms with Crippen LogP contribution in [-0.4, -0.2) is 50.6 Å². The maximum absolute atomic E-state index is 12.0. The van der Waals surface area contributed by atoms with Crippen LogP contribution in [0.5, 0.6) is 0 Å². The van der Waals surface area contributed by atoms with Crippen LogP contribution < -0.4 is 10.5 Å². The van der Waals surface area contributed by atoms with Gasteiger partial charge in [0.2, 0.25) is 0 Å². The SMILES string of the molecule is COCCNS(=O)(=O)N1CCCCC1C(N)=S. The first-order chi connectivity index (χ1) is 7.99. The molecule has 100 valence electrons. The Morgan fingerprint density at radius 3 is 2.88 bits per heavy atom. The third-order valence-corrected chi connectivity index (χ3v) is 4.58. The van der Waals surface area contributed by atoms with Crippen LogP contribution in [0.2, 0.25) is 0 Å². The van der Waals surface area contributed by atoms with Crippen molar-refractivity contribution in [1.29, 1.82) is 0 Å². The molecule has 1 unspecified atom stereocenters. The molecule has 1 aliphatic heterocycles. The topological polar surface area (TPSA) is 84.7 Å². The van der Waals surface area contributed by atoms with Gasteiger partial charge in [0.15, 0.2) is 0 Å². The van der Waals surface area contributed by atoms with Gasteiger partial charge in [-0.2, -0.15) is 17.4 Å². The molecule has 0 saturated carbocycles. The number of methoxy groups -OCH3 is 1. The molecule has 17 heavy (non-hydrogen) atoms. The Kier molecular flexibility index (Phi) is 5.74. The van der Waals surface area contributed by atoms with E-state index in [0.29, 0.717) is 19.6 Å². The highest BCUT2D eigenvalue weighted by Gasteiger charge is 2.33. The van der Waals surface area contributed by atoms with E-state index in [2.05, 4.69) is 4.72 Å². The Morgan fingerprint density at radius 2 is 2.29 bits per heavy atom. The predicted octanol–water partition coefficient (Wildman–Crippen LogP) is -0.392. The normalized spacial score (nSPS) is 22.5. The van der Waals surface area contributed by atoms with Crippen molar-refractivity contribution in [3.63, 3.8) is 0 Å². The number of nitrogens with two attached hydrogens (primary N) is 1. The lowest BCUT2D eigenvalue weighted by Gasteiger charge is -2.33. The van der Waals surface area contributed by atoms with E-state index in [0.717, 1.165) is 12.8 Å². The van der Waals surface area contributed by atoms with Crippen LogP contribution in [0.15, 0.2) is 0 Å². The van der Waals surface area contributed by atoms with Gasteiger partial charge in [-0.25, -0.2) is 0 Å². The lowest BCUT2D eigenvalue weighted by molar-refractivity contribution is 0.203. The molecular formula is C9H19N3O3S2. The fourth-order valence-corrected chi connectivity index (χ4v) is 3.58. The third-order valence-electron chi connectivity index (χ3n) is 2.68. The lowest BCUT2D eigenvalue weighted by Crippen LogP contribution is -2.53. The highest BCUT2D eigenvalue weighted by atomic mass is 32.2. The molecule has 0 aliphatic carbocycles. The Bertz CT molecular complexity index is 358. The zero-order chi connectivity index (χ0) is 12.9. The van der Waals surface area contributed by atoms with E-state index in [1.54, 1.807) is 0 Å². The zero-order valence-electron chi connectivity index (χ0n) is 9.89. The fraction of sp³-hybridized carbons (Fsp3) is 0.889. The number of ether oxygens (including phenoxy) is 1. The van der Waals surface area contributed by atoms with Crippen molar-refractivity contribution < 1.29 is 13.2 Å². The molecule has 1 heterocycles.